The zero-order valence-electron chi connectivity index (χ0n) is 21.3. The van der Waals surface area contributed by atoms with Crippen LogP contribution in [0.15, 0.2) is 29.8 Å². The molecule has 0 spiro atoms. The van der Waals surface area contributed by atoms with Crippen molar-refractivity contribution in [1.29, 1.82) is 0 Å². The van der Waals surface area contributed by atoms with Crippen LogP contribution in [0, 0.1) is 5.82 Å². The van der Waals surface area contributed by atoms with Gasteiger partial charge in [0.1, 0.15) is 0 Å². The minimum atomic E-state index is -0.477. The molecule has 8 nitrogen and oxygen atoms in total. The van der Waals surface area contributed by atoms with Crippen molar-refractivity contribution in [3.63, 3.8) is 0 Å². The summed E-state index contributed by atoms with van der Waals surface area (Å²) >= 11 is 1.41. The molecule has 0 saturated carbocycles. The van der Waals surface area contributed by atoms with E-state index in [-0.39, 0.29) is 28.9 Å². The van der Waals surface area contributed by atoms with Crippen LogP contribution in [0.5, 0.6) is 11.5 Å². The lowest BCUT2D eigenvalue weighted by molar-refractivity contribution is -0.00778. The first-order valence-electron chi connectivity index (χ1n) is 11.5. The third kappa shape index (κ3) is 5.33. The molecular weight excluding hydrogens is 467 g/mol. The number of methoxy groups -OCH3 is 2. The second-order valence-electron chi connectivity index (χ2n) is 10.1. The van der Waals surface area contributed by atoms with Crippen LogP contribution in [0.4, 0.5) is 21.3 Å². The van der Waals surface area contributed by atoms with Crippen LogP contribution in [0.3, 0.4) is 0 Å². The van der Waals surface area contributed by atoms with E-state index >= 15 is 0 Å². The molecule has 1 saturated heterocycles. The second kappa shape index (κ2) is 9.58. The Morgan fingerprint density at radius 3 is 2.40 bits per heavy atom. The number of hydrogen-bond acceptors (Lipinski definition) is 9. The number of anilines is 3. The van der Waals surface area contributed by atoms with Crippen LogP contribution >= 0.6 is 11.3 Å². The van der Waals surface area contributed by atoms with E-state index in [1.807, 2.05) is 23.6 Å². The van der Waals surface area contributed by atoms with Crippen molar-refractivity contribution in [1.82, 2.24) is 19.9 Å². The van der Waals surface area contributed by atoms with Crippen molar-refractivity contribution in [3.05, 3.63) is 35.6 Å². The summed E-state index contributed by atoms with van der Waals surface area (Å²) in [7, 11) is 5.34. The molecule has 0 bridgehead atoms. The number of likely N-dealkylation sites (tertiary alicyclic amines) is 1. The van der Waals surface area contributed by atoms with Crippen molar-refractivity contribution >= 4 is 28.2 Å². The Kier molecular flexibility index (Phi) is 6.88. The number of rotatable bonds is 7. The van der Waals surface area contributed by atoms with Crippen LogP contribution in [0.2, 0.25) is 0 Å². The van der Waals surface area contributed by atoms with Gasteiger partial charge in [0.05, 0.1) is 26.1 Å². The lowest BCUT2D eigenvalue weighted by Gasteiger charge is -2.53. The van der Waals surface area contributed by atoms with Crippen LogP contribution in [0.25, 0.3) is 11.3 Å². The monoisotopic (exact) mass is 500 g/mol. The van der Waals surface area contributed by atoms with Gasteiger partial charge in [-0.3, -0.25) is 10.2 Å². The number of aromatic nitrogens is 3. The number of halogens is 1. The van der Waals surface area contributed by atoms with Gasteiger partial charge in [-0.05, 0) is 65.8 Å². The Labute approximate surface area is 209 Å². The number of hydrogen-bond donors (Lipinski definition) is 2. The molecule has 1 aromatic carbocycles. The Hall–Kier alpha value is -2.98. The number of piperidine rings is 1. The summed E-state index contributed by atoms with van der Waals surface area (Å²) in [5.74, 6) is 1.29. The summed E-state index contributed by atoms with van der Waals surface area (Å²) in [6.07, 6.45) is 2.94. The van der Waals surface area contributed by atoms with Gasteiger partial charge < -0.3 is 14.8 Å². The van der Waals surface area contributed by atoms with Gasteiger partial charge in [-0.25, -0.2) is 14.4 Å². The Morgan fingerprint density at radius 2 is 1.74 bits per heavy atom. The van der Waals surface area contributed by atoms with Crippen LogP contribution in [-0.2, 0) is 0 Å². The van der Waals surface area contributed by atoms with Gasteiger partial charge in [0.15, 0.2) is 28.3 Å². The molecule has 4 rings (SSSR count). The first kappa shape index (κ1) is 25.1. The van der Waals surface area contributed by atoms with Gasteiger partial charge >= 0.3 is 0 Å². The zero-order chi connectivity index (χ0) is 25.4. The van der Waals surface area contributed by atoms with Crippen molar-refractivity contribution in [3.8, 4) is 22.8 Å². The quantitative estimate of drug-likeness (QED) is 0.436. The lowest BCUT2D eigenvalue weighted by atomic mass is 9.77. The number of nitrogens with zero attached hydrogens (tertiary/aromatic N) is 4. The maximum absolute atomic E-state index is 14.6. The Balaban J connectivity index is 1.50. The van der Waals surface area contributed by atoms with Crippen molar-refractivity contribution in [2.45, 2.75) is 57.7 Å². The van der Waals surface area contributed by atoms with Crippen molar-refractivity contribution < 1.29 is 13.9 Å². The summed E-state index contributed by atoms with van der Waals surface area (Å²) in [5.41, 5.74) is 1.62. The first-order valence-corrected chi connectivity index (χ1v) is 12.4. The van der Waals surface area contributed by atoms with Crippen LogP contribution in [-0.4, -0.2) is 58.2 Å². The number of benzene rings is 1. The number of thiazole rings is 1. The molecule has 0 unspecified atom stereocenters. The van der Waals surface area contributed by atoms with E-state index in [0.29, 0.717) is 16.6 Å². The van der Waals surface area contributed by atoms with Gasteiger partial charge in [0.25, 0.3) is 0 Å². The van der Waals surface area contributed by atoms with E-state index in [1.54, 1.807) is 14.2 Å². The highest BCUT2D eigenvalue weighted by atomic mass is 32.1. The van der Waals surface area contributed by atoms with E-state index in [1.165, 1.54) is 17.5 Å². The highest BCUT2D eigenvalue weighted by molar-refractivity contribution is 7.14. The summed E-state index contributed by atoms with van der Waals surface area (Å²) in [4.78, 5) is 15.6. The van der Waals surface area contributed by atoms with E-state index in [2.05, 4.69) is 65.2 Å². The predicted octanol–water partition coefficient (Wildman–Crippen LogP) is 5.56. The Bertz CT molecular complexity index is 1180. The van der Waals surface area contributed by atoms with E-state index in [4.69, 9.17) is 9.47 Å². The molecule has 3 aromatic rings. The molecule has 2 aromatic heterocycles. The molecule has 0 radical (unpaired) electrons. The van der Waals surface area contributed by atoms with Crippen molar-refractivity contribution in [2.24, 2.45) is 0 Å². The predicted molar refractivity (Wildman–Crippen MR) is 138 cm³/mol. The lowest BCUT2D eigenvalue weighted by Crippen LogP contribution is -2.61. The van der Waals surface area contributed by atoms with Gasteiger partial charge in [-0.15, -0.1) is 11.3 Å². The first-order chi connectivity index (χ1) is 16.5. The molecule has 0 atom stereocenters. The minimum absolute atomic E-state index is 0.0224. The van der Waals surface area contributed by atoms with Gasteiger partial charge in [-0.1, -0.05) is 0 Å². The smallest absolute Gasteiger partial charge is 0.231 e. The average molecular weight is 501 g/mol. The van der Waals surface area contributed by atoms with E-state index in [9.17, 15) is 4.39 Å². The zero-order valence-corrected chi connectivity index (χ0v) is 22.1. The van der Waals surface area contributed by atoms with Gasteiger partial charge in [0, 0.05) is 28.1 Å². The van der Waals surface area contributed by atoms with Crippen LogP contribution in [0.1, 0.15) is 40.5 Å². The molecule has 0 amide bonds. The number of ether oxygens (including phenoxy) is 2. The fourth-order valence-corrected chi connectivity index (χ4v) is 5.46. The Morgan fingerprint density at radius 1 is 1.06 bits per heavy atom. The summed E-state index contributed by atoms with van der Waals surface area (Å²) in [6.45, 7) is 8.85. The minimum Gasteiger partial charge on any atom is -0.493 e. The van der Waals surface area contributed by atoms with Crippen molar-refractivity contribution in [2.75, 3.05) is 31.9 Å². The summed E-state index contributed by atoms with van der Waals surface area (Å²) in [5, 5.41) is 8.96. The third-order valence-electron chi connectivity index (χ3n) is 6.80. The normalized spacial score (nSPS) is 17.7. The fourth-order valence-electron chi connectivity index (χ4n) is 4.75. The molecule has 35 heavy (non-hydrogen) atoms. The number of nitrogens with one attached hydrogen (secondary N) is 2. The molecule has 10 heteroatoms. The largest absolute Gasteiger partial charge is 0.493 e. The maximum Gasteiger partial charge on any atom is 0.231 e. The highest BCUT2D eigenvalue weighted by Gasteiger charge is 2.43. The average Bonchev–Trinajstić information content (AvgIpc) is 3.27. The topological polar surface area (TPSA) is 84.4 Å². The molecule has 188 valence electrons. The maximum atomic E-state index is 14.6. The SMILES string of the molecule is COc1ccc(-c2csc(Nc3ncc(F)c(NC4CC(C)(C)N(C)C(C)(C)C4)n3)n2)cc1OC. The molecule has 2 N–H and O–H groups in total. The van der Waals surface area contributed by atoms with E-state index < -0.39 is 5.82 Å². The van der Waals surface area contributed by atoms with Crippen LogP contribution < -0.4 is 20.1 Å². The molecule has 1 fully saturated rings. The fraction of sp³-hybridized carbons (Fsp3) is 0.480. The molecule has 1 aliphatic rings. The molecular formula is C25H33FN6O2S. The standard InChI is InChI=1S/C25H33FN6O2S/c1-24(2)11-16(12-25(3,4)32(24)5)28-21-17(26)13-27-22(30-21)31-23-29-18(14-35-23)15-8-9-19(33-6)20(10-15)34-7/h8-10,13-14,16H,11-12H2,1-7H3,(H2,27,28,29,30,31). The van der Waals surface area contributed by atoms with Gasteiger partial charge in [0.2, 0.25) is 5.95 Å². The second-order valence-corrected chi connectivity index (χ2v) is 10.9. The molecule has 0 aliphatic carbocycles. The van der Waals surface area contributed by atoms with Gasteiger partial charge in [-0.2, -0.15) is 4.98 Å². The summed E-state index contributed by atoms with van der Waals surface area (Å²) < 4.78 is 25.3. The van der Waals surface area contributed by atoms with E-state index in [0.717, 1.165) is 24.1 Å². The molecule has 1 aliphatic heterocycles. The summed E-state index contributed by atoms with van der Waals surface area (Å²) in [6, 6.07) is 5.72. The highest BCUT2D eigenvalue weighted by Crippen LogP contribution is 2.38. The molecule has 3 heterocycles. The third-order valence-corrected chi connectivity index (χ3v) is 7.55.